The standard InChI is InChI=1S/C16H19N3O2/c1-11-13-8-4-5-9-14(13)16(21)19(18-11)10-15(20)17-12-6-2-3-7-12/h4-5,8-9,12H,2-3,6-7,10H2,1H3,(H,17,20). The van der Waals surface area contributed by atoms with Crippen LogP contribution in [0.4, 0.5) is 0 Å². The van der Waals surface area contributed by atoms with E-state index in [1.54, 1.807) is 6.07 Å². The van der Waals surface area contributed by atoms with Gasteiger partial charge >= 0.3 is 0 Å². The van der Waals surface area contributed by atoms with E-state index in [0.717, 1.165) is 36.8 Å². The van der Waals surface area contributed by atoms with Crippen LogP contribution in [0.25, 0.3) is 10.8 Å². The maximum Gasteiger partial charge on any atom is 0.275 e. The third kappa shape index (κ3) is 2.82. The normalized spacial score (nSPS) is 15.5. The Morgan fingerprint density at radius 2 is 1.95 bits per heavy atom. The van der Waals surface area contributed by atoms with Gasteiger partial charge in [-0.05, 0) is 25.8 Å². The van der Waals surface area contributed by atoms with Crippen LogP contribution in [0.15, 0.2) is 29.1 Å². The summed E-state index contributed by atoms with van der Waals surface area (Å²) in [6, 6.07) is 7.62. The average Bonchev–Trinajstić information content (AvgIpc) is 2.97. The Labute approximate surface area is 123 Å². The number of nitrogens with one attached hydrogen (secondary N) is 1. The van der Waals surface area contributed by atoms with Crippen LogP contribution in [0.2, 0.25) is 0 Å². The molecule has 0 radical (unpaired) electrons. The van der Waals surface area contributed by atoms with Gasteiger partial charge in [-0.3, -0.25) is 9.59 Å². The number of benzene rings is 1. The first-order valence-electron chi connectivity index (χ1n) is 7.41. The summed E-state index contributed by atoms with van der Waals surface area (Å²) in [5.41, 5.74) is 0.552. The maximum absolute atomic E-state index is 12.4. The van der Waals surface area contributed by atoms with Crippen molar-refractivity contribution < 1.29 is 4.79 Å². The van der Waals surface area contributed by atoms with Crippen molar-refractivity contribution >= 4 is 16.7 Å². The molecule has 1 saturated carbocycles. The second-order valence-electron chi connectivity index (χ2n) is 5.64. The molecule has 0 spiro atoms. The van der Waals surface area contributed by atoms with Crippen molar-refractivity contribution in [3.8, 4) is 0 Å². The summed E-state index contributed by atoms with van der Waals surface area (Å²) in [6.07, 6.45) is 4.39. The van der Waals surface area contributed by atoms with E-state index >= 15 is 0 Å². The van der Waals surface area contributed by atoms with Gasteiger partial charge in [0.05, 0.1) is 11.1 Å². The molecule has 1 heterocycles. The van der Waals surface area contributed by atoms with Crippen molar-refractivity contribution in [2.75, 3.05) is 0 Å². The molecule has 2 aromatic rings. The fourth-order valence-electron chi connectivity index (χ4n) is 2.99. The SMILES string of the molecule is Cc1nn(CC(=O)NC2CCCC2)c(=O)c2ccccc12. The van der Waals surface area contributed by atoms with Gasteiger partial charge in [-0.25, -0.2) is 4.68 Å². The van der Waals surface area contributed by atoms with Gasteiger partial charge < -0.3 is 5.32 Å². The lowest BCUT2D eigenvalue weighted by atomic mass is 10.1. The highest BCUT2D eigenvalue weighted by molar-refractivity contribution is 5.83. The number of aromatic nitrogens is 2. The molecule has 1 aliphatic carbocycles. The van der Waals surface area contributed by atoms with Crippen LogP contribution in [-0.4, -0.2) is 21.7 Å². The van der Waals surface area contributed by atoms with E-state index in [1.807, 2.05) is 25.1 Å². The Morgan fingerprint density at radius 3 is 2.67 bits per heavy atom. The lowest BCUT2D eigenvalue weighted by Crippen LogP contribution is -2.38. The van der Waals surface area contributed by atoms with Gasteiger partial charge in [0.2, 0.25) is 5.91 Å². The maximum atomic E-state index is 12.4. The van der Waals surface area contributed by atoms with E-state index in [2.05, 4.69) is 10.4 Å². The molecule has 1 fully saturated rings. The van der Waals surface area contributed by atoms with E-state index in [4.69, 9.17) is 0 Å². The number of hydrogen-bond acceptors (Lipinski definition) is 3. The molecule has 1 aromatic heterocycles. The van der Waals surface area contributed by atoms with Gasteiger partial charge in [-0.15, -0.1) is 0 Å². The van der Waals surface area contributed by atoms with Crippen molar-refractivity contribution in [1.29, 1.82) is 0 Å². The Balaban J connectivity index is 1.85. The molecule has 5 nitrogen and oxygen atoms in total. The molecule has 1 aliphatic rings. The van der Waals surface area contributed by atoms with Gasteiger partial charge in [0, 0.05) is 11.4 Å². The lowest BCUT2D eigenvalue weighted by molar-refractivity contribution is -0.122. The summed E-state index contributed by atoms with van der Waals surface area (Å²) < 4.78 is 1.27. The van der Waals surface area contributed by atoms with Crippen LogP contribution in [0.1, 0.15) is 31.4 Å². The average molecular weight is 285 g/mol. The van der Waals surface area contributed by atoms with E-state index in [1.165, 1.54) is 4.68 Å². The van der Waals surface area contributed by atoms with Gasteiger partial charge in [0.15, 0.2) is 0 Å². The number of carbonyl (C=O) groups excluding carboxylic acids is 1. The van der Waals surface area contributed by atoms with E-state index in [0.29, 0.717) is 5.39 Å². The summed E-state index contributed by atoms with van der Waals surface area (Å²) in [4.78, 5) is 24.4. The fraction of sp³-hybridized carbons (Fsp3) is 0.438. The van der Waals surface area contributed by atoms with Crippen molar-refractivity contribution in [3.05, 3.63) is 40.3 Å². The summed E-state index contributed by atoms with van der Waals surface area (Å²) >= 11 is 0. The fourth-order valence-corrected chi connectivity index (χ4v) is 2.99. The van der Waals surface area contributed by atoms with Gasteiger partial charge in [0.1, 0.15) is 6.54 Å². The molecule has 0 aliphatic heterocycles. The molecule has 0 atom stereocenters. The van der Waals surface area contributed by atoms with Crippen LogP contribution in [-0.2, 0) is 11.3 Å². The predicted octanol–water partition coefficient (Wildman–Crippen LogP) is 1.76. The molecule has 0 bridgehead atoms. The van der Waals surface area contributed by atoms with Gasteiger partial charge in [0.25, 0.3) is 5.56 Å². The minimum atomic E-state index is -0.210. The number of hydrogen-bond donors (Lipinski definition) is 1. The zero-order chi connectivity index (χ0) is 14.8. The minimum Gasteiger partial charge on any atom is -0.352 e. The molecule has 1 N–H and O–H groups in total. The summed E-state index contributed by atoms with van der Waals surface area (Å²) in [7, 11) is 0. The molecule has 21 heavy (non-hydrogen) atoms. The lowest BCUT2D eigenvalue weighted by Gasteiger charge is -2.13. The second-order valence-corrected chi connectivity index (χ2v) is 5.64. The van der Waals surface area contributed by atoms with Crippen LogP contribution < -0.4 is 10.9 Å². The van der Waals surface area contributed by atoms with Crippen molar-refractivity contribution in [2.45, 2.75) is 45.2 Å². The number of amides is 1. The number of nitrogens with zero attached hydrogens (tertiary/aromatic N) is 2. The number of aryl methyl sites for hydroxylation is 1. The zero-order valence-electron chi connectivity index (χ0n) is 12.1. The number of rotatable bonds is 3. The van der Waals surface area contributed by atoms with Crippen molar-refractivity contribution in [1.82, 2.24) is 15.1 Å². The number of carbonyl (C=O) groups is 1. The highest BCUT2D eigenvalue weighted by Gasteiger charge is 2.18. The van der Waals surface area contributed by atoms with E-state index in [-0.39, 0.29) is 24.1 Å². The first-order chi connectivity index (χ1) is 10.1. The summed E-state index contributed by atoms with van der Waals surface area (Å²) in [5, 5.41) is 8.69. The largest absolute Gasteiger partial charge is 0.352 e. The van der Waals surface area contributed by atoms with Gasteiger partial charge in [-0.2, -0.15) is 5.10 Å². The molecule has 110 valence electrons. The molecular formula is C16H19N3O2. The Bertz CT molecular complexity index is 730. The third-order valence-electron chi connectivity index (χ3n) is 4.07. The van der Waals surface area contributed by atoms with Crippen LogP contribution in [0.3, 0.4) is 0 Å². The first-order valence-corrected chi connectivity index (χ1v) is 7.41. The summed E-state index contributed by atoms with van der Waals surface area (Å²) in [6.45, 7) is 1.84. The van der Waals surface area contributed by atoms with Crippen molar-refractivity contribution in [2.24, 2.45) is 0 Å². The molecular weight excluding hydrogens is 266 g/mol. The Hall–Kier alpha value is -2.17. The topological polar surface area (TPSA) is 64.0 Å². The number of fused-ring (bicyclic) bond motifs is 1. The molecule has 0 unspecified atom stereocenters. The summed E-state index contributed by atoms with van der Waals surface area (Å²) in [5.74, 6) is -0.133. The van der Waals surface area contributed by atoms with E-state index < -0.39 is 0 Å². The van der Waals surface area contributed by atoms with Crippen LogP contribution >= 0.6 is 0 Å². The van der Waals surface area contributed by atoms with Crippen LogP contribution in [0.5, 0.6) is 0 Å². The van der Waals surface area contributed by atoms with E-state index in [9.17, 15) is 9.59 Å². The predicted molar refractivity (Wildman–Crippen MR) is 81.1 cm³/mol. The Morgan fingerprint density at radius 1 is 1.29 bits per heavy atom. The monoisotopic (exact) mass is 285 g/mol. The van der Waals surface area contributed by atoms with Gasteiger partial charge in [-0.1, -0.05) is 31.0 Å². The quantitative estimate of drug-likeness (QED) is 0.934. The van der Waals surface area contributed by atoms with Crippen molar-refractivity contribution in [3.63, 3.8) is 0 Å². The first kappa shape index (κ1) is 13.8. The zero-order valence-corrected chi connectivity index (χ0v) is 12.1. The Kier molecular flexibility index (Phi) is 3.73. The third-order valence-corrected chi connectivity index (χ3v) is 4.07. The minimum absolute atomic E-state index is 0.0129. The molecule has 1 aromatic carbocycles. The van der Waals surface area contributed by atoms with Crippen LogP contribution in [0, 0.1) is 6.92 Å². The molecule has 5 heteroatoms. The smallest absolute Gasteiger partial charge is 0.275 e. The highest BCUT2D eigenvalue weighted by atomic mass is 16.2. The second kappa shape index (κ2) is 5.68. The molecule has 3 rings (SSSR count). The molecule has 1 amide bonds. The molecule has 0 saturated heterocycles. The highest BCUT2D eigenvalue weighted by Crippen LogP contribution is 2.17.